The highest BCUT2D eigenvalue weighted by molar-refractivity contribution is 6.45. The summed E-state index contributed by atoms with van der Waals surface area (Å²) in [4.78, 5) is 21.5. The minimum atomic E-state index is -5.14. The molecule has 0 spiro atoms. The first kappa shape index (κ1) is 11.7. The van der Waals surface area contributed by atoms with Gasteiger partial charge in [0.25, 0.3) is 0 Å². The standard InChI is InChI=1S/C9H4ClF3O2/c10-6-3-1-5(2-4-6)7(14)8(15)9(11,12)13/h1-4H. The van der Waals surface area contributed by atoms with E-state index in [-0.39, 0.29) is 10.6 Å². The summed E-state index contributed by atoms with van der Waals surface area (Å²) in [6.45, 7) is 0. The molecule has 0 fully saturated rings. The van der Waals surface area contributed by atoms with Crippen LogP contribution in [0.25, 0.3) is 0 Å². The van der Waals surface area contributed by atoms with Crippen molar-refractivity contribution in [2.75, 3.05) is 0 Å². The molecule has 0 aromatic heterocycles. The SMILES string of the molecule is O=C(C(=O)C(F)(F)F)c1ccc(Cl)cc1. The van der Waals surface area contributed by atoms with Crippen LogP contribution in [0.2, 0.25) is 5.02 Å². The molecule has 0 N–H and O–H groups in total. The van der Waals surface area contributed by atoms with Crippen LogP contribution in [0.3, 0.4) is 0 Å². The van der Waals surface area contributed by atoms with E-state index in [0.29, 0.717) is 0 Å². The Morgan fingerprint density at radius 1 is 1.07 bits per heavy atom. The van der Waals surface area contributed by atoms with E-state index in [9.17, 15) is 22.8 Å². The van der Waals surface area contributed by atoms with Crippen LogP contribution in [0.5, 0.6) is 0 Å². The molecule has 1 rings (SSSR count). The molecule has 1 aromatic rings. The summed E-state index contributed by atoms with van der Waals surface area (Å²) in [7, 11) is 0. The lowest BCUT2D eigenvalue weighted by Gasteiger charge is -2.03. The number of alkyl halides is 3. The predicted molar refractivity (Wildman–Crippen MR) is 46.8 cm³/mol. The van der Waals surface area contributed by atoms with E-state index in [1.807, 2.05) is 0 Å². The van der Waals surface area contributed by atoms with Gasteiger partial charge in [-0.05, 0) is 24.3 Å². The minimum Gasteiger partial charge on any atom is -0.285 e. The van der Waals surface area contributed by atoms with E-state index in [2.05, 4.69) is 0 Å². The number of hydrogen-bond donors (Lipinski definition) is 0. The number of Topliss-reactive ketones (excluding diaryl/α,β-unsaturated/α-hetero) is 2. The van der Waals surface area contributed by atoms with Gasteiger partial charge in [0.05, 0.1) is 0 Å². The fourth-order valence-electron chi connectivity index (χ4n) is 0.861. The Kier molecular flexibility index (Phi) is 3.14. The van der Waals surface area contributed by atoms with E-state index in [1.165, 1.54) is 12.1 Å². The molecule has 1 aromatic carbocycles. The second kappa shape index (κ2) is 4.02. The van der Waals surface area contributed by atoms with Gasteiger partial charge in [0.2, 0.25) is 5.78 Å². The van der Waals surface area contributed by atoms with Crippen LogP contribution in [0.15, 0.2) is 24.3 Å². The third kappa shape index (κ3) is 2.79. The molecule has 0 radical (unpaired) electrons. The van der Waals surface area contributed by atoms with Crippen LogP contribution in [-0.2, 0) is 4.79 Å². The van der Waals surface area contributed by atoms with E-state index in [4.69, 9.17) is 11.6 Å². The van der Waals surface area contributed by atoms with Crippen molar-refractivity contribution in [2.24, 2.45) is 0 Å². The molecule has 0 aliphatic rings. The van der Waals surface area contributed by atoms with Crippen molar-refractivity contribution in [3.05, 3.63) is 34.9 Å². The van der Waals surface area contributed by atoms with Crippen molar-refractivity contribution in [1.29, 1.82) is 0 Å². The van der Waals surface area contributed by atoms with Crippen molar-refractivity contribution in [2.45, 2.75) is 6.18 Å². The molecule has 15 heavy (non-hydrogen) atoms. The van der Waals surface area contributed by atoms with E-state index in [1.54, 1.807) is 0 Å². The summed E-state index contributed by atoms with van der Waals surface area (Å²) >= 11 is 5.47. The highest BCUT2D eigenvalue weighted by Gasteiger charge is 2.43. The molecule has 6 heteroatoms. The van der Waals surface area contributed by atoms with E-state index < -0.39 is 17.7 Å². The first-order valence-electron chi connectivity index (χ1n) is 3.74. The molecule has 0 saturated carbocycles. The van der Waals surface area contributed by atoms with Crippen LogP contribution < -0.4 is 0 Å². The number of carbonyl (C=O) groups is 2. The number of carbonyl (C=O) groups excluding carboxylic acids is 2. The summed E-state index contributed by atoms with van der Waals surface area (Å²) < 4.78 is 35.6. The molecule has 0 saturated heterocycles. The van der Waals surface area contributed by atoms with Crippen LogP contribution in [0, 0.1) is 0 Å². The third-order valence-electron chi connectivity index (χ3n) is 1.57. The average Bonchev–Trinajstić information content (AvgIpc) is 2.15. The lowest BCUT2D eigenvalue weighted by Crippen LogP contribution is -2.30. The highest BCUT2D eigenvalue weighted by atomic mass is 35.5. The van der Waals surface area contributed by atoms with E-state index >= 15 is 0 Å². The van der Waals surface area contributed by atoms with Gasteiger partial charge >= 0.3 is 12.0 Å². The van der Waals surface area contributed by atoms with Crippen molar-refractivity contribution < 1.29 is 22.8 Å². The van der Waals surface area contributed by atoms with Gasteiger partial charge in [-0.2, -0.15) is 13.2 Å². The van der Waals surface area contributed by atoms with Crippen LogP contribution in [0.1, 0.15) is 10.4 Å². The highest BCUT2D eigenvalue weighted by Crippen LogP contribution is 2.19. The molecular formula is C9H4ClF3O2. The number of halogens is 4. The zero-order valence-electron chi connectivity index (χ0n) is 7.14. The second-order valence-electron chi connectivity index (χ2n) is 2.66. The summed E-state index contributed by atoms with van der Waals surface area (Å²) in [5, 5.41) is 0.269. The van der Waals surface area contributed by atoms with Crippen LogP contribution >= 0.6 is 11.6 Å². The molecular weight excluding hydrogens is 233 g/mol. The maximum atomic E-state index is 11.9. The number of hydrogen-bond acceptors (Lipinski definition) is 2. The van der Waals surface area contributed by atoms with Gasteiger partial charge in [-0.25, -0.2) is 0 Å². The first-order valence-corrected chi connectivity index (χ1v) is 4.11. The lowest BCUT2D eigenvalue weighted by molar-refractivity contribution is -0.165. The average molecular weight is 237 g/mol. The summed E-state index contributed by atoms with van der Waals surface area (Å²) in [6.07, 6.45) is -5.14. The minimum absolute atomic E-state index is 0.269. The third-order valence-corrected chi connectivity index (χ3v) is 1.82. The van der Waals surface area contributed by atoms with Gasteiger partial charge in [0, 0.05) is 10.6 Å². The maximum absolute atomic E-state index is 11.9. The molecule has 0 unspecified atom stereocenters. The Hall–Kier alpha value is -1.36. The monoisotopic (exact) mass is 236 g/mol. The lowest BCUT2D eigenvalue weighted by atomic mass is 10.1. The van der Waals surface area contributed by atoms with Crippen molar-refractivity contribution in [3.63, 3.8) is 0 Å². The Labute approximate surface area is 87.6 Å². The fourth-order valence-corrected chi connectivity index (χ4v) is 0.987. The van der Waals surface area contributed by atoms with Gasteiger partial charge in [0.15, 0.2) is 0 Å². The van der Waals surface area contributed by atoms with Crippen molar-refractivity contribution in [1.82, 2.24) is 0 Å². The summed E-state index contributed by atoms with van der Waals surface area (Å²) in [5.74, 6) is -3.97. The summed E-state index contributed by atoms with van der Waals surface area (Å²) in [6, 6.07) is 4.60. The molecule has 2 nitrogen and oxygen atoms in total. The zero-order chi connectivity index (χ0) is 11.6. The van der Waals surface area contributed by atoms with Crippen molar-refractivity contribution >= 4 is 23.2 Å². The number of ketones is 2. The van der Waals surface area contributed by atoms with Crippen LogP contribution in [0.4, 0.5) is 13.2 Å². The van der Waals surface area contributed by atoms with Crippen molar-refractivity contribution in [3.8, 4) is 0 Å². The summed E-state index contributed by atoms with van der Waals surface area (Å²) in [5.41, 5.74) is -0.332. The predicted octanol–water partition coefficient (Wildman–Crippen LogP) is 2.65. The van der Waals surface area contributed by atoms with E-state index in [0.717, 1.165) is 12.1 Å². The zero-order valence-corrected chi connectivity index (χ0v) is 7.89. The number of benzene rings is 1. The molecule has 0 aliphatic heterocycles. The Bertz CT molecular complexity index is 395. The van der Waals surface area contributed by atoms with Gasteiger partial charge in [0.1, 0.15) is 0 Å². The fraction of sp³-hybridized carbons (Fsp3) is 0.111. The number of rotatable bonds is 2. The normalized spacial score (nSPS) is 11.2. The maximum Gasteiger partial charge on any atom is 0.458 e. The Balaban J connectivity index is 2.96. The first-order chi connectivity index (χ1) is 6.82. The van der Waals surface area contributed by atoms with Gasteiger partial charge < -0.3 is 0 Å². The molecule has 0 amide bonds. The molecule has 0 atom stereocenters. The Morgan fingerprint density at radius 3 is 1.93 bits per heavy atom. The molecule has 0 bridgehead atoms. The van der Waals surface area contributed by atoms with Gasteiger partial charge in [-0.3, -0.25) is 9.59 Å². The molecule has 0 heterocycles. The largest absolute Gasteiger partial charge is 0.458 e. The van der Waals surface area contributed by atoms with Gasteiger partial charge in [-0.15, -0.1) is 0 Å². The second-order valence-corrected chi connectivity index (χ2v) is 3.10. The molecule has 0 aliphatic carbocycles. The topological polar surface area (TPSA) is 34.1 Å². The molecule has 80 valence electrons. The quantitative estimate of drug-likeness (QED) is 0.584. The van der Waals surface area contributed by atoms with Crippen LogP contribution in [-0.4, -0.2) is 17.7 Å². The smallest absolute Gasteiger partial charge is 0.285 e. The Morgan fingerprint density at radius 2 is 1.53 bits per heavy atom. The van der Waals surface area contributed by atoms with Gasteiger partial charge in [-0.1, -0.05) is 11.6 Å².